The molecule has 0 saturated carbocycles. The maximum absolute atomic E-state index is 13.0. The first-order valence-electron chi connectivity index (χ1n) is 10.9. The van der Waals surface area contributed by atoms with Crippen molar-refractivity contribution in [3.8, 4) is 17.2 Å². The van der Waals surface area contributed by atoms with Crippen molar-refractivity contribution < 1.29 is 13.2 Å². The highest BCUT2D eigenvalue weighted by molar-refractivity contribution is 7.92. The Morgan fingerprint density at radius 2 is 2.09 bits per heavy atom. The number of aromatic nitrogens is 2. The van der Waals surface area contributed by atoms with Crippen molar-refractivity contribution in [1.29, 1.82) is 5.26 Å². The van der Waals surface area contributed by atoms with Crippen molar-refractivity contribution >= 4 is 33.1 Å². The molecule has 3 aromatic rings. The van der Waals surface area contributed by atoms with Gasteiger partial charge in [-0.3, -0.25) is 4.98 Å². The number of nitrogens with one attached hydrogen (secondary N) is 2. The van der Waals surface area contributed by atoms with Crippen LogP contribution in [0.4, 0.5) is 10.5 Å². The van der Waals surface area contributed by atoms with Crippen LogP contribution in [0.1, 0.15) is 33.8 Å². The number of carbonyl (C=O) groups excluding carboxylic acids is 1. The second-order valence-electron chi connectivity index (χ2n) is 8.43. The Labute approximate surface area is 201 Å². The second kappa shape index (κ2) is 8.79. The van der Waals surface area contributed by atoms with E-state index in [4.69, 9.17) is 0 Å². The summed E-state index contributed by atoms with van der Waals surface area (Å²) in [6, 6.07) is 6.17. The molecule has 0 spiro atoms. The summed E-state index contributed by atoms with van der Waals surface area (Å²) in [5.41, 5.74) is 4.78. The van der Waals surface area contributed by atoms with Crippen molar-refractivity contribution in [3.05, 3.63) is 58.0 Å². The van der Waals surface area contributed by atoms with Gasteiger partial charge in [-0.05, 0) is 67.6 Å². The lowest BCUT2D eigenvalue weighted by Gasteiger charge is -2.21. The number of likely N-dealkylation sites (N-methyl/N-ethyl adjacent to an activating group) is 1. The molecule has 0 aromatic carbocycles. The van der Waals surface area contributed by atoms with E-state index in [0.29, 0.717) is 23.4 Å². The predicted octanol–water partition coefficient (Wildman–Crippen LogP) is 3.06. The molecule has 1 aliphatic carbocycles. The van der Waals surface area contributed by atoms with Gasteiger partial charge in [0, 0.05) is 41.6 Å². The Morgan fingerprint density at radius 3 is 2.91 bits per heavy atom. The number of rotatable bonds is 4. The van der Waals surface area contributed by atoms with Crippen LogP contribution in [0.2, 0.25) is 0 Å². The lowest BCUT2D eigenvalue weighted by atomic mass is 10.0. The number of urea groups is 1. The zero-order valence-corrected chi connectivity index (χ0v) is 20.1. The van der Waals surface area contributed by atoms with E-state index in [2.05, 4.69) is 24.9 Å². The molecule has 2 N–H and O–H groups in total. The summed E-state index contributed by atoms with van der Waals surface area (Å²) in [6.45, 7) is 1.57. The van der Waals surface area contributed by atoms with Crippen LogP contribution in [0.5, 0.6) is 0 Å². The molecule has 11 heteroatoms. The molecule has 0 atom stereocenters. The molecule has 5 rings (SSSR count). The Bertz CT molecular complexity index is 1440. The van der Waals surface area contributed by atoms with Gasteiger partial charge >= 0.3 is 6.03 Å². The van der Waals surface area contributed by atoms with Gasteiger partial charge in [0.25, 0.3) is 10.0 Å². The number of thiophene rings is 1. The molecule has 174 valence electrons. The first-order valence-corrected chi connectivity index (χ1v) is 13.2. The summed E-state index contributed by atoms with van der Waals surface area (Å²) in [5, 5.41) is 12.0. The highest BCUT2D eigenvalue weighted by Crippen LogP contribution is 2.36. The monoisotopic (exact) mass is 494 g/mol. The summed E-state index contributed by atoms with van der Waals surface area (Å²) in [7, 11) is -2.03. The van der Waals surface area contributed by atoms with Gasteiger partial charge in [0.15, 0.2) is 0 Å². The van der Waals surface area contributed by atoms with Gasteiger partial charge < -0.3 is 10.2 Å². The van der Waals surface area contributed by atoms with Crippen LogP contribution in [0.3, 0.4) is 0 Å². The minimum absolute atomic E-state index is 0.135. The van der Waals surface area contributed by atoms with Gasteiger partial charge in [0.05, 0.1) is 5.69 Å². The molecule has 2 amide bonds. The normalized spacial score (nSPS) is 15.3. The van der Waals surface area contributed by atoms with Gasteiger partial charge in [-0.25, -0.2) is 22.9 Å². The molecule has 2 aliphatic rings. The van der Waals surface area contributed by atoms with Crippen LogP contribution in [0.15, 0.2) is 34.8 Å². The van der Waals surface area contributed by atoms with E-state index < -0.39 is 16.1 Å². The number of sulfonamides is 1. The largest absolute Gasteiger partial charge is 0.333 e. The van der Waals surface area contributed by atoms with Gasteiger partial charge in [0.2, 0.25) is 0 Å². The topological polar surface area (TPSA) is 128 Å². The first kappa shape index (κ1) is 22.5. The third-order valence-corrected chi connectivity index (χ3v) is 9.10. The van der Waals surface area contributed by atoms with Crippen LogP contribution in [0, 0.1) is 11.3 Å². The second-order valence-corrected chi connectivity index (χ2v) is 11.5. The minimum Gasteiger partial charge on any atom is -0.306 e. The Balaban J connectivity index is 1.44. The number of aryl methyl sites for hydroxylation is 1. The van der Waals surface area contributed by atoms with Crippen molar-refractivity contribution in [3.63, 3.8) is 0 Å². The number of hydrogen-bond donors (Lipinski definition) is 2. The average Bonchev–Trinajstić information content (AvgIpc) is 3.46. The zero-order chi connectivity index (χ0) is 23.9. The fraction of sp³-hybridized carbons (Fsp3) is 0.304. The molecular weight excluding hydrogens is 472 g/mol. The number of nitrogens with zero attached hydrogens (tertiary/aromatic N) is 4. The van der Waals surface area contributed by atoms with Crippen LogP contribution >= 0.6 is 11.3 Å². The fourth-order valence-electron chi connectivity index (χ4n) is 4.42. The maximum Gasteiger partial charge on any atom is 0.333 e. The quantitative estimate of drug-likeness (QED) is 0.570. The molecule has 0 fully saturated rings. The molecule has 0 saturated heterocycles. The highest BCUT2D eigenvalue weighted by Gasteiger charge is 2.27. The molecular formula is C23H22N6O3S2. The predicted molar refractivity (Wildman–Crippen MR) is 128 cm³/mol. The Morgan fingerprint density at radius 1 is 1.24 bits per heavy atom. The highest BCUT2D eigenvalue weighted by atomic mass is 32.2. The molecule has 3 aromatic heterocycles. The molecule has 0 radical (unpaired) electrons. The van der Waals surface area contributed by atoms with Crippen LogP contribution < -0.4 is 10.0 Å². The lowest BCUT2D eigenvalue weighted by Crippen LogP contribution is -2.34. The van der Waals surface area contributed by atoms with Crippen molar-refractivity contribution in [2.24, 2.45) is 0 Å². The zero-order valence-electron chi connectivity index (χ0n) is 18.5. The number of fused-ring (bicyclic) bond motifs is 2. The average molecular weight is 495 g/mol. The molecule has 4 heterocycles. The van der Waals surface area contributed by atoms with E-state index in [-0.39, 0.29) is 9.90 Å². The standard InChI is InChI=1S/C23H22N6O3S2/c1-29-8-6-20-15(13-29)10-21(33-20)34(31,32)28-23(30)27-22-17-3-2-4-19(17)26-12-18(22)14-5-7-25-16(9-14)11-24/h5,7,9-10,12H,2-4,6,8,13H2,1H3,(H2,26,27,28,30). The Kier molecular flexibility index (Phi) is 5.81. The number of carbonyl (C=O) groups is 1. The summed E-state index contributed by atoms with van der Waals surface area (Å²) in [5.74, 6) is 0. The first-order chi connectivity index (χ1) is 16.3. The number of amides is 2. The molecule has 1 aliphatic heterocycles. The van der Waals surface area contributed by atoms with E-state index in [0.717, 1.165) is 53.9 Å². The van der Waals surface area contributed by atoms with Crippen LogP contribution in [-0.2, 0) is 35.8 Å². The molecule has 0 bridgehead atoms. The molecule has 9 nitrogen and oxygen atoms in total. The molecule has 34 heavy (non-hydrogen) atoms. The third kappa shape index (κ3) is 4.27. The Hall–Kier alpha value is -3.33. The van der Waals surface area contributed by atoms with Gasteiger partial charge in [-0.1, -0.05) is 0 Å². The number of pyridine rings is 2. The summed E-state index contributed by atoms with van der Waals surface area (Å²) < 4.78 is 28.2. The van der Waals surface area contributed by atoms with Gasteiger partial charge in [0.1, 0.15) is 16.0 Å². The van der Waals surface area contributed by atoms with Crippen molar-refractivity contribution in [2.75, 3.05) is 18.9 Å². The lowest BCUT2D eigenvalue weighted by molar-refractivity contribution is 0.256. The van der Waals surface area contributed by atoms with E-state index in [1.54, 1.807) is 24.4 Å². The number of anilines is 1. The van der Waals surface area contributed by atoms with Gasteiger partial charge in [-0.2, -0.15) is 5.26 Å². The summed E-state index contributed by atoms with van der Waals surface area (Å²) >= 11 is 1.21. The SMILES string of the molecule is CN1CCc2sc(S(=O)(=O)NC(=O)Nc3c(-c4ccnc(C#N)c4)cnc4c3CCC4)cc2C1. The van der Waals surface area contributed by atoms with E-state index in [9.17, 15) is 18.5 Å². The summed E-state index contributed by atoms with van der Waals surface area (Å²) in [4.78, 5) is 24.6. The number of nitriles is 1. The van der Waals surface area contributed by atoms with E-state index in [1.165, 1.54) is 17.5 Å². The fourth-order valence-corrected chi connectivity index (χ4v) is 6.87. The van der Waals surface area contributed by atoms with Crippen LogP contribution in [0.25, 0.3) is 11.1 Å². The summed E-state index contributed by atoms with van der Waals surface area (Å²) in [6.07, 6.45) is 6.37. The van der Waals surface area contributed by atoms with E-state index in [1.807, 2.05) is 13.1 Å². The number of hydrogen-bond acceptors (Lipinski definition) is 8. The minimum atomic E-state index is -4.02. The van der Waals surface area contributed by atoms with Crippen molar-refractivity contribution in [2.45, 2.75) is 36.4 Å². The smallest absolute Gasteiger partial charge is 0.306 e. The van der Waals surface area contributed by atoms with E-state index >= 15 is 0 Å². The van der Waals surface area contributed by atoms with Crippen LogP contribution in [-0.4, -0.2) is 42.9 Å². The van der Waals surface area contributed by atoms with Crippen molar-refractivity contribution in [1.82, 2.24) is 19.6 Å². The third-order valence-electron chi connectivity index (χ3n) is 6.06. The maximum atomic E-state index is 13.0. The molecule has 0 unspecified atom stereocenters. The van der Waals surface area contributed by atoms with Gasteiger partial charge in [-0.15, -0.1) is 11.3 Å².